The third-order valence-electron chi connectivity index (χ3n) is 4.95. The quantitative estimate of drug-likeness (QED) is 0.818. The van der Waals surface area contributed by atoms with Gasteiger partial charge in [0.05, 0.1) is 6.61 Å². The SMILES string of the molecule is CC1(CN2CCCCC2)Cc2ccc(OCCCN)cc21. The van der Waals surface area contributed by atoms with E-state index in [1.54, 1.807) is 0 Å². The first-order valence-corrected chi connectivity index (χ1v) is 8.40. The fourth-order valence-electron chi connectivity index (χ4n) is 3.80. The minimum absolute atomic E-state index is 0.319. The van der Waals surface area contributed by atoms with Crippen LogP contribution in [0.4, 0.5) is 0 Å². The summed E-state index contributed by atoms with van der Waals surface area (Å²) in [5, 5.41) is 0. The number of hydrogen-bond donors (Lipinski definition) is 1. The van der Waals surface area contributed by atoms with Crippen LogP contribution >= 0.6 is 0 Å². The van der Waals surface area contributed by atoms with Gasteiger partial charge in [0, 0.05) is 12.0 Å². The summed E-state index contributed by atoms with van der Waals surface area (Å²) in [6.45, 7) is 7.57. The van der Waals surface area contributed by atoms with Crippen molar-refractivity contribution in [3.05, 3.63) is 29.3 Å². The van der Waals surface area contributed by atoms with Crippen LogP contribution in [0.3, 0.4) is 0 Å². The Morgan fingerprint density at radius 2 is 2.05 bits per heavy atom. The van der Waals surface area contributed by atoms with E-state index in [0.717, 1.165) is 18.8 Å². The number of fused-ring (bicyclic) bond motifs is 1. The molecule has 0 saturated carbocycles. The van der Waals surface area contributed by atoms with Crippen LogP contribution in [0.1, 0.15) is 43.7 Å². The van der Waals surface area contributed by atoms with E-state index < -0.39 is 0 Å². The van der Waals surface area contributed by atoms with Crippen LogP contribution < -0.4 is 10.5 Å². The molecular weight excluding hydrogens is 260 g/mol. The van der Waals surface area contributed by atoms with Gasteiger partial charge in [-0.3, -0.25) is 0 Å². The minimum Gasteiger partial charge on any atom is -0.494 e. The molecule has 1 aromatic rings. The van der Waals surface area contributed by atoms with E-state index in [1.165, 1.54) is 56.4 Å². The molecule has 116 valence electrons. The van der Waals surface area contributed by atoms with Crippen LogP contribution in [-0.2, 0) is 11.8 Å². The highest BCUT2D eigenvalue weighted by atomic mass is 16.5. The largest absolute Gasteiger partial charge is 0.494 e. The highest BCUT2D eigenvalue weighted by Gasteiger charge is 2.40. The number of ether oxygens (including phenoxy) is 1. The lowest BCUT2D eigenvalue weighted by Gasteiger charge is -2.45. The maximum atomic E-state index is 5.81. The van der Waals surface area contributed by atoms with Crippen molar-refractivity contribution in [2.45, 2.75) is 44.4 Å². The Kier molecular flexibility index (Phi) is 4.51. The summed E-state index contributed by atoms with van der Waals surface area (Å²) in [5.41, 5.74) is 8.84. The molecule has 1 aliphatic carbocycles. The predicted molar refractivity (Wildman–Crippen MR) is 87.0 cm³/mol. The van der Waals surface area contributed by atoms with Crippen LogP contribution in [0.15, 0.2) is 18.2 Å². The molecule has 3 rings (SSSR count). The second-order valence-electron chi connectivity index (χ2n) is 6.88. The number of hydrogen-bond acceptors (Lipinski definition) is 3. The van der Waals surface area contributed by atoms with E-state index in [0.29, 0.717) is 12.0 Å². The molecule has 0 aromatic heterocycles. The van der Waals surface area contributed by atoms with Crippen LogP contribution in [-0.4, -0.2) is 37.7 Å². The summed E-state index contributed by atoms with van der Waals surface area (Å²) >= 11 is 0. The van der Waals surface area contributed by atoms with Gasteiger partial charge in [-0.15, -0.1) is 0 Å². The maximum Gasteiger partial charge on any atom is 0.119 e. The number of benzene rings is 1. The molecule has 0 radical (unpaired) electrons. The van der Waals surface area contributed by atoms with Gasteiger partial charge in [0.15, 0.2) is 0 Å². The smallest absolute Gasteiger partial charge is 0.119 e. The molecule has 2 aliphatic rings. The van der Waals surface area contributed by atoms with Crippen molar-refractivity contribution in [1.82, 2.24) is 4.90 Å². The van der Waals surface area contributed by atoms with Gasteiger partial charge in [0.1, 0.15) is 5.75 Å². The zero-order chi connectivity index (χ0) is 14.7. The fourth-order valence-corrected chi connectivity index (χ4v) is 3.80. The summed E-state index contributed by atoms with van der Waals surface area (Å²) in [5.74, 6) is 1.01. The lowest BCUT2D eigenvalue weighted by atomic mass is 9.65. The van der Waals surface area contributed by atoms with E-state index in [2.05, 4.69) is 30.0 Å². The van der Waals surface area contributed by atoms with Gasteiger partial charge < -0.3 is 15.4 Å². The second-order valence-corrected chi connectivity index (χ2v) is 6.88. The Morgan fingerprint density at radius 1 is 1.24 bits per heavy atom. The van der Waals surface area contributed by atoms with E-state index in [4.69, 9.17) is 10.5 Å². The molecule has 2 N–H and O–H groups in total. The molecule has 3 heteroatoms. The number of likely N-dealkylation sites (tertiary alicyclic amines) is 1. The molecule has 1 heterocycles. The number of nitrogens with zero attached hydrogens (tertiary/aromatic N) is 1. The van der Waals surface area contributed by atoms with Crippen molar-refractivity contribution < 1.29 is 4.74 Å². The Morgan fingerprint density at radius 3 is 2.81 bits per heavy atom. The van der Waals surface area contributed by atoms with E-state index in [9.17, 15) is 0 Å². The van der Waals surface area contributed by atoms with Crippen LogP contribution in [0, 0.1) is 0 Å². The van der Waals surface area contributed by atoms with Crippen LogP contribution in [0.5, 0.6) is 5.75 Å². The standard InChI is InChI=1S/C18H28N2O/c1-18(14-20-9-3-2-4-10-20)13-15-6-7-16(12-17(15)18)21-11-5-8-19/h6-7,12H,2-5,8-11,13-14,19H2,1H3. The molecule has 0 bridgehead atoms. The molecule has 1 aliphatic heterocycles. The number of piperidine rings is 1. The normalized spacial score (nSPS) is 25.2. The van der Waals surface area contributed by atoms with Gasteiger partial charge in [-0.2, -0.15) is 0 Å². The van der Waals surface area contributed by atoms with Gasteiger partial charge >= 0.3 is 0 Å². The van der Waals surface area contributed by atoms with Gasteiger partial charge in [-0.1, -0.05) is 19.4 Å². The topological polar surface area (TPSA) is 38.5 Å². The molecule has 1 fully saturated rings. The van der Waals surface area contributed by atoms with Gasteiger partial charge in [0.2, 0.25) is 0 Å². The molecule has 0 spiro atoms. The monoisotopic (exact) mass is 288 g/mol. The number of rotatable bonds is 6. The molecule has 1 atom stereocenters. The molecule has 0 amide bonds. The third kappa shape index (κ3) is 3.24. The Hall–Kier alpha value is -1.06. The third-order valence-corrected chi connectivity index (χ3v) is 4.95. The van der Waals surface area contributed by atoms with Gasteiger partial charge in [-0.05, 0) is 68.6 Å². The van der Waals surface area contributed by atoms with E-state index >= 15 is 0 Å². The summed E-state index contributed by atoms with van der Waals surface area (Å²) < 4.78 is 5.81. The highest BCUT2D eigenvalue weighted by molar-refractivity contribution is 5.49. The van der Waals surface area contributed by atoms with Crippen molar-refractivity contribution in [2.75, 3.05) is 32.8 Å². The second kappa shape index (κ2) is 6.37. The van der Waals surface area contributed by atoms with Crippen molar-refractivity contribution in [3.8, 4) is 5.75 Å². The highest BCUT2D eigenvalue weighted by Crippen LogP contribution is 2.43. The lowest BCUT2D eigenvalue weighted by molar-refractivity contribution is 0.170. The average molecular weight is 288 g/mol. The summed E-state index contributed by atoms with van der Waals surface area (Å²) in [7, 11) is 0. The Labute approximate surface area is 128 Å². The summed E-state index contributed by atoms with van der Waals surface area (Å²) in [6, 6.07) is 6.61. The summed E-state index contributed by atoms with van der Waals surface area (Å²) in [4.78, 5) is 2.65. The maximum absolute atomic E-state index is 5.81. The fraction of sp³-hybridized carbons (Fsp3) is 0.667. The Balaban J connectivity index is 1.65. The average Bonchev–Trinajstić information content (AvgIpc) is 2.49. The van der Waals surface area contributed by atoms with Crippen molar-refractivity contribution in [1.29, 1.82) is 0 Å². The molecular formula is C18H28N2O. The first kappa shape index (κ1) is 14.9. The van der Waals surface area contributed by atoms with Gasteiger partial charge in [-0.25, -0.2) is 0 Å². The Bertz CT molecular complexity index is 482. The molecule has 1 saturated heterocycles. The molecule has 1 aromatic carbocycles. The van der Waals surface area contributed by atoms with E-state index in [-0.39, 0.29) is 0 Å². The van der Waals surface area contributed by atoms with E-state index in [1.807, 2.05) is 0 Å². The predicted octanol–water partition coefficient (Wildman–Crippen LogP) is 2.71. The first-order chi connectivity index (χ1) is 10.2. The van der Waals surface area contributed by atoms with Gasteiger partial charge in [0.25, 0.3) is 0 Å². The van der Waals surface area contributed by atoms with Crippen molar-refractivity contribution in [3.63, 3.8) is 0 Å². The molecule has 21 heavy (non-hydrogen) atoms. The zero-order valence-corrected chi connectivity index (χ0v) is 13.2. The minimum atomic E-state index is 0.319. The molecule has 3 nitrogen and oxygen atoms in total. The zero-order valence-electron chi connectivity index (χ0n) is 13.2. The van der Waals surface area contributed by atoms with Crippen molar-refractivity contribution >= 4 is 0 Å². The van der Waals surface area contributed by atoms with Crippen LogP contribution in [0.2, 0.25) is 0 Å². The lowest BCUT2D eigenvalue weighted by Crippen LogP contribution is -2.47. The van der Waals surface area contributed by atoms with Crippen LogP contribution in [0.25, 0.3) is 0 Å². The summed E-state index contributed by atoms with van der Waals surface area (Å²) in [6.07, 6.45) is 6.27. The molecule has 1 unspecified atom stereocenters. The first-order valence-electron chi connectivity index (χ1n) is 8.40. The van der Waals surface area contributed by atoms with Crippen molar-refractivity contribution in [2.24, 2.45) is 5.73 Å². The number of nitrogens with two attached hydrogens (primary N) is 1.